The third kappa shape index (κ3) is 5.67. The molecule has 0 saturated carbocycles. The van der Waals surface area contributed by atoms with Gasteiger partial charge in [-0.1, -0.05) is 6.07 Å². The Kier molecular flexibility index (Phi) is 7.41. The maximum Gasteiger partial charge on any atom is 0.253 e. The van der Waals surface area contributed by atoms with Crippen LogP contribution in [0.25, 0.3) is 0 Å². The molecule has 0 aliphatic carbocycles. The van der Waals surface area contributed by atoms with Gasteiger partial charge in [-0.05, 0) is 40.9 Å². The largest absolute Gasteiger partial charge is 0.365 e. The number of carbonyl (C=O) groups excluding carboxylic acids is 1. The highest BCUT2D eigenvalue weighted by Gasteiger charge is 2.27. The Balaban J connectivity index is 1.70. The van der Waals surface area contributed by atoms with Crippen LogP contribution in [-0.2, 0) is 10.0 Å². The minimum Gasteiger partial charge on any atom is -0.365 e. The lowest BCUT2D eigenvalue weighted by Gasteiger charge is -2.31. The molecule has 6 N–H and O–H groups in total. The number of primary amides is 1. The summed E-state index contributed by atoms with van der Waals surface area (Å²) in [5, 5.41) is 6.10. The smallest absolute Gasteiger partial charge is 0.253 e. The van der Waals surface area contributed by atoms with Crippen LogP contribution in [0.2, 0.25) is 0 Å². The Hall–Kier alpha value is -2.35. The summed E-state index contributed by atoms with van der Waals surface area (Å²) in [6, 6.07) is 4.09. The number of nitrogens with one attached hydrogen (secondary N) is 2. The molecule has 0 spiro atoms. The number of sulfonamides is 1. The number of rotatable bonds is 8. The molecule has 2 heterocycles. The average molecular weight is 516 g/mol. The zero-order valence-corrected chi connectivity index (χ0v) is 18.9. The summed E-state index contributed by atoms with van der Waals surface area (Å²) in [6.07, 6.45) is 2.69. The number of carbonyl (C=O) groups is 1. The van der Waals surface area contributed by atoms with Crippen molar-refractivity contribution in [1.82, 2.24) is 14.3 Å². The Morgan fingerprint density at radius 3 is 2.68 bits per heavy atom. The van der Waals surface area contributed by atoms with Crippen molar-refractivity contribution in [2.75, 3.05) is 36.0 Å². The monoisotopic (exact) mass is 515 g/mol. The molecule has 1 aliphatic heterocycles. The van der Waals surface area contributed by atoms with Crippen molar-refractivity contribution in [2.24, 2.45) is 11.5 Å². The van der Waals surface area contributed by atoms with Gasteiger partial charge in [-0.25, -0.2) is 22.1 Å². The molecule has 2 aromatic rings. The van der Waals surface area contributed by atoms with Gasteiger partial charge in [0.15, 0.2) is 0 Å². The molecule has 1 aromatic carbocycles. The fraction of sp³-hybridized carbons (Fsp3) is 0.389. The number of hydrogen-bond acceptors (Lipinski definition) is 8. The first-order valence-electron chi connectivity index (χ1n) is 9.53. The van der Waals surface area contributed by atoms with Crippen molar-refractivity contribution >= 4 is 49.3 Å². The van der Waals surface area contributed by atoms with Gasteiger partial charge in [0.25, 0.3) is 5.91 Å². The topological polar surface area (TPSA) is 156 Å². The lowest BCUT2D eigenvalue weighted by atomic mass is 10.1. The quantitative estimate of drug-likeness (QED) is 0.410. The number of amides is 1. The van der Waals surface area contributed by atoms with Crippen LogP contribution in [-0.4, -0.2) is 60.0 Å². The summed E-state index contributed by atoms with van der Waals surface area (Å²) in [5.41, 5.74) is 10.6. The van der Waals surface area contributed by atoms with Crippen molar-refractivity contribution in [1.29, 1.82) is 0 Å². The summed E-state index contributed by atoms with van der Waals surface area (Å²) in [4.78, 5) is 20.2. The van der Waals surface area contributed by atoms with Gasteiger partial charge >= 0.3 is 0 Å². The molecule has 3 rings (SSSR count). The molecule has 1 amide bonds. The maximum atomic E-state index is 14.0. The molecule has 0 atom stereocenters. The van der Waals surface area contributed by atoms with E-state index in [2.05, 4.69) is 36.5 Å². The van der Waals surface area contributed by atoms with E-state index in [0.29, 0.717) is 42.2 Å². The summed E-state index contributed by atoms with van der Waals surface area (Å²) in [7, 11) is -3.33. The van der Waals surface area contributed by atoms with Crippen LogP contribution in [0.1, 0.15) is 23.2 Å². The van der Waals surface area contributed by atoms with Gasteiger partial charge in [-0.15, -0.1) is 0 Å². The molecular weight excluding hydrogens is 493 g/mol. The summed E-state index contributed by atoms with van der Waals surface area (Å²) in [6.45, 7) is 0.853. The number of nitrogens with zero attached hydrogens (tertiary/aromatic N) is 3. The molecule has 168 valence electrons. The first-order valence-corrected chi connectivity index (χ1v) is 11.9. The van der Waals surface area contributed by atoms with Gasteiger partial charge < -0.3 is 22.1 Å². The normalized spacial score (nSPS) is 15.6. The zero-order chi connectivity index (χ0) is 22.6. The zero-order valence-electron chi connectivity index (χ0n) is 16.5. The van der Waals surface area contributed by atoms with E-state index in [4.69, 9.17) is 11.5 Å². The molecule has 10 nitrogen and oxygen atoms in total. The molecule has 0 radical (unpaired) electrons. The second-order valence-electron chi connectivity index (χ2n) is 6.96. The van der Waals surface area contributed by atoms with E-state index in [9.17, 15) is 17.6 Å². The van der Waals surface area contributed by atoms with Crippen LogP contribution in [0, 0.1) is 5.82 Å². The second-order valence-corrected chi connectivity index (χ2v) is 9.91. The summed E-state index contributed by atoms with van der Waals surface area (Å²) >= 11 is 3.33. The van der Waals surface area contributed by atoms with Crippen molar-refractivity contribution in [3.8, 4) is 0 Å². The number of aromatic nitrogens is 2. The van der Waals surface area contributed by atoms with Gasteiger partial charge in [-0.2, -0.15) is 4.98 Å². The van der Waals surface area contributed by atoms with Crippen molar-refractivity contribution in [2.45, 2.75) is 18.9 Å². The Bertz CT molecular complexity index is 1060. The molecule has 1 aromatic heterocycles. The van der Waals surface area contributed by atoms with Crippen LogP contribution >= 0.6 is 15.9 Å². The summed E-state index contributed by atoms with van der Waals surface area (Å²) < 4.78 is 40.2. The van der Waals surface area contributed by atoms with E-state index in [0.717, 1.165) is 6.07 Å². The van der Waals surface area contributed by atoms with E-state index in [1.165, 1.54) is 22.6 Å². The number of halogens is 2. The van der Waals surface area contributed by atoms with E-state index in [1.807, 2.05) is 0 Å². The minimum absolute atomic E-state index is 0.0197. The third-order valence-corrected chi connectivity index (χ3v) is 7.30. The van der Waals surface area contributed by atoms with Gasteiger partial charge in [0.05, 0.1) is 21.5 Å². The molecule has 1 fully saturated rings. The SMILES string of the molecule is NCCS(=O)(=O)N1CCC(Nc2ncc(Br)c(Nc3cccc(F)c3C(N)=O)n2)CC1. The van der Waals surface area contributed by atoms with Gasteiger partial charge in [0, 0.05) is 31.9 Å². The Labute approximate surface area is 187 Å². The highest BCUT2D eigenvalue weighted by Crippen LogP contribution is 2.28. The third-order valence-electron chi connectivity index (χ3n) is 4.81. The van der Waals surface area contributed by atoms with Crippen molar-refractivity contribution in [3.05, 3.63) is 40.2 Å². The fourth-order valence-electron chi connectivity index (χ4n) is 3.27. The first kappa shape index (κ1) is 23.3. The number of anilines is 3. The Morgan fingerprint density at radius 2 is 2.03 bits per heavy atom. The van der Waals surface area contributed by atoms with Crippen molar-refractivity contribution < 1.29 is 17.6 Å². The standard InChI is InChI=1S/C18H23BrFN7O3S/c19-12-10-23-18(24-11-4-7-27(8-5-11)31(29,30)9-6-21)26-17(12)25-14-3-1-2-13(20)15(14)16(22)28/h1-3,10-11H,4-9,21H2,(H2,22,28)(H2,23,24,25,26). The van der Waals surface area contributed by atoms with Crippen molar-refractivity contribution in [3.63, 3.8) is 0 Å². The number of benzene rings is 1. The lowest BCUT2D eigenvalue weighted by Crippen LogP contribution is -2.44. The molecule has 1 aliphatic rings. The highest BCUT2D eigenvalue weighted by atomic mass is 79.9. The molecule has 1 saturated heterocycles. The average Bonchev–Trinajstić information content (AvgIpc) is 2.70. The van der Waals surface area contributed by atoms with E-state index in [1.54, 1.807) is 0 Å². The second kappa shape index (κ2) is 9.85. The molecule has 13 heteroatoms. The van der Waals surface area contributed by atoms with E-state index in [-0.39, 0.29) is 29.6 Å². The van der Waals surface area contributed by atoms with E-state index < -0.39 is 21.7 Å². The minimum atomic E-state index is -3.33. The lowest BCUT2D eigenvalue weighted by molar-refractivity contribution is 0.0997. The predicted octanol–water partition coefficient (Wildman–Crippen LogP) is 1.39. The van der Waals surface area contributed by atoms with Gasteiger partial charge in [0.1, 0.15) is 11.6 Å². The van der Waals surface area contributed by atoms with Crippen LogP contribution in [0.4, 0.5) is 21.8 Å². The maximum absolute atomic E-state index is 14.0. The van der Waals surface area contributed by atoms with Gasteiger partial charge in [-0.3, -0.25) is 4.79 Å². The first-order chi connectivity index (χ1) is 14.7. The number of piperidine rings is 1. The molecule has 0 unspecified atom stereocenters. The Morgan fingerprint density at radius 1 is 1.32 bits per heavy atom. The van der Waals surface area contributed by atoms with Crippen LogP contribution < -0.4 is 22.1 Å². The van der Waals surface area contributed by atoms with Crippen LogP contribution in [0.15, 0.2) is 28.9 Å². The van der Waals surface area contributed by atoms with Crippen LogP contribution in [0.3, 0.4) is 0 Å². The fourth-order valence-corrected chi connectivity index (χ4v) is 4.88. The van der Waals surface area contributed by atoms with Gasteiger partial charge in [0.2, 0.25) is 16.0 Å². The van der Waals surface area contributed by atoms with Crippen LogP contribution in [0.5, 0.6) is 0 Å². The van der Waals surface area contributed by atoms with E-state index >= 15 is 0 Å². The number of hydrogen-bond donors (Lipinski definition) is 4. The number of nitrogens with two attached hydrogens (primary N) is 2. The molecule has 31 heavy (non-hydrogen) atoms. The highest BCUT2D eigenvalue weighted by molar-refractivity contribution is 9.10. The molecule has 0 bridgehead atoms. The summed E-state index contributed by atoms with van der Waals surface area (Å²) in [5.74, 6) is -1.08. The molecular formula is C18H23BrFN7O3S. The predicted molar refractivity (Wildman–Crippen MR) is 119 cm³/mol.